The van der Waals surface area contributed by atoms with Crippen LogP contribution in [0.4, 0.5) is 10.5 Å². The van der Waals surface area contributed by atoms with Gasteiger partial charge in [0.05, 0.1) is 17.3 Å². The molecule has 184 valence electrons. The molecular weight excluding hydrogens is 552 g/mol. The number of hydrogen-bond donors (Lipinski definition) is 1. The van der Waals surface area contributed by atoms with Crippen molar-refractivity contribution in [3.63, 3.8) is 0 Å². The molecule has 0 atom stereocenters. The van der Waals surface area contributed by atoms with Crippen LogP contribution in [0.3, 0.4) is 0 Å². The van der Waals surface area contributed by atoms with Crippen molar-refractivity contribution in [1.82, 2.24) is 5.32 Å². The second kappa shape index (κ2) is 11.3. The van der Waals surface area contributed by atoms with Gasteiger partial charge in [-0.25, -0.2) is 9.69 Å². The van der Waals surface area contributed by atoms with E-state index in [0.717, 1.165) is 10.6 Å². The van der Waals surface area contributed by atoms with E-state index in [1.807, 2.05) is 30.3 Å². The largest absolute Gasteiger partial charge is 0.493 e. The van der Waals surface area contributed by atoms with Gasteiger partial charge in [0.25, 0.3) is 11.8 Å². The first-order chi connectivity index (χ1) is 17.4. The predicted molar refractivity (Wildman–Crippen MR) is 139 cm³/mol. The van der Waals surface area contributed by atoms with Gasteiger partial charge in [-0.1, -0.05) is 29.8 Å². The summed E-state index contributed by atoms with van der Waals surface area (Å²) >= 11 is 9.36. The molecule has 0 radical (unpaired) electrons. The zero-order valence-corrected chi connectivity index (χ0v) is 21.3. The average molecular weight is 572 g/mol. The summed E-state index contributed by atoms with van der Waals surface area (Å²) in [5, 5.41) is 2.64. The molecule has 4 rings (SSSR count). The van der Waals surface area contributed by atoms with E-state index in [0.29, 0.717) is 33.2 Å². The third-order valence-electron chi connectivity index (χ3n) is 5.09. The number of carbonyl (C=O) groups is 3. The summed E-state index contributed by atoms with van der Waals surface area (Å²) in [5.74, 6) is -0.0159. The van der Waals surface area contributed by atoms with Crippen LogP contribution in [0.1, 0.15) is 5.56 Å². The minimum absolute atomic E-state index is 0.219. The molecular formula is C26H20BrClN2O6. The highest BCUT2D eigenvalue weighted by Crippen LogP contribution is 2.37. The lowest BCUT2D eigenvalue weighted by molar-refractivity contribution is -0.122. The number of carbonyl (C=O) groups excluding carboxylic acids is 3. The smallest absolute Gasteiger partial charge is 0.335 e. The third kappa shape index (κ3) is 5.69. The first-order valence-corrected chi connectivity index (χ1v) is 11.9. The monoisotopic (exact) mass is 570 g/mol. The molecule has 1 saturated heterocycles. The predicted octanol–water partition coefficient (Wildman–Crippen LogP) is 5.24. The van der Waals surface area contributed by atoms with Crippen LogP contribution in [0.25, 0.3) is 6.08 Å². The van der Waals surface area contributed by atoms with E-state index in [2.05, 4.69) is 21.2 Å². The Labute approximate surface area is 220 Å². The van der Waals surface area contributed by atoms with Crippen molar-refractivity contribution in [1.29, 1.82) is 0 Å². The minimum atomic E-state index is -0.843. The summed E-state index contributed by atoms with van der Waals surface area (Å²) in [6.07, 6.45) is 1.38. The van der Waals surface area contributed by atoms with Crippen molar-refractivity contribution in [3.8, 4) is 17.2 Å². The normalized spacial score (nSPS) is 14.6. The van der Waals surface area contributed by atoms with Crippen molar-refractivity contribution in [3.05, 3.63) is 87.4 Å². The van der Waals surface area contributed by atoms with Gasteiger partial charge in [0, 0.05) is 5.02 Å². The minimum Gasteiger partial charge on any atom is -0.493 e. The van der Waals surface area contributed by atoms with E-state index in [1.54, 1.807) is 24.3 Å². The lowest BCUT2D eigenvalue weighted by atomic mass is 10.1. The zero-order chi connectivity index (χ0) is 25.7. The van der Waals surface area contributed by atoms with Crippen molar-refractivity contribution in [2.75, 3.05) is 25.2 Å². The van der Waals surface area contributed by atoms with E-state index < -0.39 is 17.8 Å². The Morgan fingerprint density at radius 1 is 0.972 bits per heavy atom. The molecule has 1 aliphatic heterocycles. The summed E-state index contributed by atoms with van der Waals surface area (Å²) in [5.41, 5.74) is 0.541. The molecule has 3 aromatic carbocycles. The SMILES string of the molecule is COc1cc(/C=C2/C(=O)NC(=O)N(c3ccc(Cl)cc3)C2=O)cc(Br)c1OCCOc1ccccc1. The number of nitrogens with zero attached hydrogens (tertiary/aromatic N) is 1. The molecule has 1 fully saturated rings. The summed E-state index contributed by atoms with van der Waals surface area (Å²) < 4.78 is 17.5. The summed E-state index contributed by atoms with van der Waals surface area (Å²) in [4.78, 5) is 38.8. The van der Waals surface area contributed by atoms with E-state index in [1.165, 1.54) is 25.3 Å². The number of rotatable bonds is 8. The van der Waals surface area contributed by atoms with Gasteiger partial charge in [-0.05, 0) is 76.1 Å². The molecule has 1 aliphatic rings. The van der Waals surface area contributed by atoms with Gasteiger partial charge in [0.1, 0.15) is 24.5 Å². The van der Waals surface area contributed by atoms with Gasteiger partial charge in [0.2, 0.25) is 0 Å². The van der Waals surface area contributed by atoms with Crippen LogP contribution in [-0.2, 0) is 9.59 Å². The fourth-order valence-corrected chi connectivity index (χ4v) is 4.13. The number of barbiturate groups is 1. The second-order valence-electron chi connectivity index (χ2n) is 7.48. The lowest BCUT2D eigenvalue weighted by Crippen LogP contribution is -2.54. The molecule has 10 heteroatoms. The molecule has 3 aromatic rings. The highest BCUT2D eigenvalue weighted by atomic mass is 79.9. The maximum absolute atomic E-state index is 13.1. The Bertz CT molecular complexity index is 1330. The lowest BCUT2D eigenvalue weighted by Gasteiger charge is -2.26. The van der Waals surface area contributed by atoms with Gasteiger partial charge in [-0.15, -0.1) is 0 Å². The molecule has 1 N–H and O–H groups in total. The van der Waals surface area contributed by atoms with Gasteiger partial charge in [-0.3, -0.25) is 14.9 Å². The van der Waals surface area contributed by atoms with Crippen molar-refractivity contribution < 1.29 is 28.6 Å². The maximum atomic E-state index is 13.1. The summed E-state index contributed by atoms with van der Waals surface area (Å²) in [7, 11) is 1.48. The van der Waals surface area contributed by atoms with Crippen LogP contribution in [0.5, 0.6) is 17.2 Å². The maximum Gasteiger partial charge on any atom is 0.335 e. The molecule has 0 saturated carbocycles. The standard InChI is InChI=1S/C26H20BrClN2O6/c1-34-22-15-16(14-21(27)23(22)36-12-11-35-19-5-3-2-4-6-19)13-20-24(31)29-26(33)30(25(20)32)18-9-7-17(28)8-10-18/h2-10,13-15H,11-12H2,1H3,(H,29,31,33)/b20-13-. The van der Waals surface area contributed by atoms with Crippen LogP contribution in [0, 0.1) is 0 Å². The number of halogens is 2. The number of benzene rings is 3. The molecule has 0 aliphatic carbocycles. The number of ether oxygens (including phenoxy) is 3. The Morgan fingerprint density at radius 3 is 2.36 bits per heavy atom. The molecule has 1 heterocycles. The number of nitrogens with one attached hydrogen (secondary N) is 1. The molecule has 36 heavy (non-hydrogen) atoms. The number of anilines is 1. The number of hydrogen-bond acceptors (Lipinski definition) is 6. The quantitative estimate of drug-likeness (QED) is 0.226. The van der Waals surface area contributed by atoms with E-state index in [-0.39, 0.29) is 17.9 Å². The van der Waals surface area contributed by atoms with Gasteiger partial charge in [-0.2, -0.15) is 0 Å². The molecule has 0 bridgehead atoms. The zero-order valence-electron chi connectivity index (χ0n) is 19.0. The number of imide groups is 2. The average Bonchev–Trinajstić information content (AvgIpc) is 2.86. The van der Waals surface area contributed by atoms with E-state index in [9.17, 15) is 14.4 Å². The fraction of sp³-hybridized carbons (Fsp3) is 0.115. The first kappa shape index (κ1) is 25.3. The second-order valence-corrected chi connectivity index (χ2v) is 8.77. The fourth-order valence-electron chi connectivity index (χ4n) is 3.43. The summed E-state index contributed by atoms with van der Waals surface area (Å²) in [6, 6.07) is 17.9. The number of methoxy groups -OCH3 is 1. The molecule has 8 nitrogen and oxygen atoms in total. The molecule has 0 spiro atoms. The van der Waals surface area contributed by atoms with E-state index in [4.69, 9.17) is 25.8 Å². The van der Waals surface area contributed by atoms with Gasteiger partial charge >= 0.3 is 6.03 Å². The van der Waals surface area contributed by atoms with Crippen molar-refractivity contribution >= 4 is 57.1 Å². The highest BCUT2D eigenvalue weighted by Gasteiger charge is 2.36. The van der Waals surface area contributed by atoms with Crippen LogP contribution < -0.4 is 24.4 Å². The Morgan fingerprint density at radius 2 is 1.67 bits per heavy atom. The van der Waals surface area contributed by atoms with Crippen LogP contribution in [0.2, 0.25) is 5.02 Å². The molecule has 0 unspecified atom stereocenters. The van der Waals surface area contributed by atoms with Gasteiger partial charge in [0.15, 0.2) is 11.5 Å². The molecule has 4 amide bonds. The Balaban J connectivity index is 1.54. The highest BCUT2D eigenvalue weighted by molar-refractivity contribution is 9.10. The van der Waals surface area contributed by atoms with Crippen molar-refractivity contribution in [2.45, 2.75) is 0 Å². The van der Waals surface area contributed by atoms with Crippen molar-refractivity contribution in [2.24, 2.45) is 0 Å². The number of amides is 4. The number of para-hydroxylation sites is 1. The topological polar surface area (TPSA) is 94.2 Å². The van der Waals surface area contributed by atoms with E-state index >= 15 is 0 Å². The summed E-state index contributed by atoms with van der Waals surface area (Å²) in [6.45, 7) is 0.567. The van der Waals surface area contributed by atoms with Crippen LogP contribution >= 0.6 is 27.5 Å². The first-order valence-electron chi connectivity index (χ1n) is 10.7. The third-order valence-corrected chi connectivity index (χ3v) is 5.93. The Kier molecular flexibility index (Phi) is 7.92. The molecule has 0 aromatic heterocycles. The van der Waals surface area contributed by atoms with Crippen LogP contribution in [-0.4, -0.2) is 38.2 Å². The Hall–Kier alpha value is -3.82. The van der Waals surface area contributed by atoms with Gasteiger partial charge < -0.3 is 14.2 Å². The van der Waals surface area contributed by atoms with Crippen LogP contribution in [0.15, 0.2) is 76.8 Å². The number of urea groups is 1.